The maximum atomic E-state index is 12.0. The van der Waals surface area contributed by atoms with E-state index in [1.165, 1.54) is 12.8 Å². The van der Waals surface area contributed by atoms with Crippen LogP contribution in [0.2, 0.25) is 0 Å². The number of hydrogen-bond acceptors (Lipinski definition) is 6. The standard InChI is InChI=1S/C25H32NO6.BrH/c1-4-30-23(27)12-11-19-16-26(15-18-9-10-18)14-13-20(19)21-7-6-8-22(29-3)25(21)32-17-24(28)31-5-2;/h6-8,13-14,16,18H,4-5,9-12,15,17H2,1-3H3;1H/q+1;/p-1. The number of esters is 2. The van der Waals surface area contributed by atoms with Gasteiger partial charge in [-0.3, -0.25) is 4.79 Å². The summed E-state index contributed by atoms with van der Waals surface area (Å²) in [6.07, 6.45) is 7.49. The third-order valence-corrected chi connectivity index (χ3v) is 5.30. The quantitative estimate of drug-likeness (QED) is 0.299. The van der Waals surface area contributed by atoms with Gasteiger partial charge in [-0.1, -0.05) is 12.1 Å². The molecule has 0 saturated heterocycles. The van der Waals surface area contributed by atoms with Crippen molar-refractivity contribution in [2.75, 3.05) is 26.9 Å². The van der Waals surface area contributed by atoms with E-state index < -0.39 is 5.97 Å². The summed E-state index contributed by atoms with van der Waals surface area (Å²) in [4.78, 5) is 23.9. The van der Waals surface area contributed by atoms with Gasteiger partial charge >= 0.3 is 11.9 Å². The van der Waals surface area contributed by atoms with Crippen LogP contribution in [0.25, 0.3) is 11.1 Å². The van der Waals surface area contributed by atoms with E-state index in [0.29, 0.717) is 31.1 Å². The monoisotopic (exact) mass is 521 g/mol. The SMILES string of the molecule is CCOC(=O)CCc1c[n+](CC2CC2)ccc1-c1cccc(OC)c1OCC(=O)OCC.[Br-]. The molecule has 0 N–H and O–H groups in total. The first kappa shape index (κ1) is 26.6. The van der Waals surface area contributed by atoms with Gasteiger partial charge in [0.15, 0.2) is 37.0 Å². The summed E-state index contributed by atoms with van der Waals surface area (Å²) < 4.78 is 23.6. The molecule has 2 aromatic rings. The minimum atomic E-state index is -0.442. The Bertz CT molecular complexity index is 944. The Morgan fingerprint density at radius 2 is 1.76 bits per heavy atom. The molecular formula is C25H32BrNO6. The molecule has 0 unspecified atom stereocenters. The van der Waals surface area contributed by atoms with Crippen molar-refractivity contribution in [2.45, 2.75) is 46.1 Å². The van der Waals surface area contributed by atoms with Crippen molar-refractivity contribution >= 4 is 11.9 Å². The minimum absolute atomic E-state index is 0. The van der Waals surface area contributed by atoms with Gasteiger partial charge in [-0.25, -0.2) is 9.36 Å². The average Bonchev–Trinajstić information content (AvgIpc) is 3.60. The van der Waals surface area contributed by atoms with Gasteiger partial charge in [-0.2, -0.15) is 0 Å². The molecule has 0 atom stereocenters. The third kappa shape index (κ3) is 7.74. The smallest absolute Gasteiger partial charge is 0.344 e. The first-order valence-electron chi connectivity index (χ1n) is 11.2. The predicted octanol–water partition coefficient (Wildman–Crippen LogP) is 0.501. The molecule has 0 spiro atoms. The van der Waals surface area contributed by atoms with E-state index in [1.807, 2.05) is 18.2 Å². The number of halogens is 1. The zero-order valence-electron chi connectivity index (χ0n) is 19.5. The highest BCUT2D eigenvalue weighted by atomic mass is 79.9. The van der Waals surface area contributed by atoms with Crippen LogP contribution in [0.15, 0.2) is 36.7 Å². The lowest BCUT2D eigenvalue weighted by Crippen LogP contribution is -3.00. The van der Waals surface area contributed by atoms with Crippen molar-refractivity contribution < 1.29 is 50.1 Å². The Morgan fingerprint density at radius 3 is 2.42 bits per heavy atom. The maximum absolute atomic E-state index is 12.0. The Labute approximate surface area is 205 Å². The largest absolute Gasteiger partial charge is 1.00 e. The number of hydrogen-bond donors (Lipinski definition) is 0. The number of aromatic nitrogens is 1. The number of pyridine rings is 1. The molecule has 1 aromatic heterocycles. The molecule has 8 heteroatoms. The lowest BCUT2D eigenvalue weighted by Gasteiger charge is -2.16. The highest BCUT2D eigenvalue weighted by Crippen LogP contribution is 2.39. The zero-order valence-corrected chi connectivity index (χ0v) is 21.1. The average molecular weight is 522 g/mol. The number of ether oxygens (including phenoxy) is 4. The molecule has 0 bridgehead atoms. The number of nitrogens with zero attached hydrogens (tertiary/aromatic N) is 1. The van der Waals surface area contributed by atoms with Crippen LogP contribution in [0, 0.1) is 5.92 Å². The lowest BCUT2D eigenvalue weighted by molar-refractivity contribution is -0.700. The van der Waals surface area contributed by atoms with Crippen LogP contribution < -0.4 is 31.0 Å². The molecule has 33 heavy (non-hydrogen) atoms. The summed E-state index contributed by atoms with van der Waals surface area (Å²) >= 11 is 0. The first-order valence-corrected chi connectivity index (χ1v) is 11.2. The van der Waals surface area contributed by atoms with Crippen LogP contribution in [0.1, 0.15) is 38.7 Å². The van der Waals surface area contributed by atoms with Crippen molar-refractivity contribution in [3.8, 4) is 22.6 Å². The molecule has 0 aliphatic heterocycles. The summed E-state index contributed by atoms with van der Waals surface area (Å²) in [7, 11) is 1.56. The van der Waals surface area contributed by atoms with Gasteiger partial charge in [0.25, 0.3) is 0 Å². The van der Waals surface area contributed by atoms with E-state index >= 15 is 0 Å². The summed E-state index contributed by atoms with van der Waals surface area (Å²) in [6, 6.07) is 7.64. The second-order valence-electron chi connectivity index (χ2n) is 7.76. The summed E-state index contributed by atoms with van der Waals surface area (Å²) in [5, 5.41) is 0. The van der Waals surface area contributed by atoms with E-state index in [0.717, 1.165) is 29.2 Å². The molecule has 3 rings (SSSR count). The fraction of sp³-hybridized carbons (Fsp3) is 0.480. The highest BCUT2D eigenvalue weighted by molar-refractivity contribution is 5.78. The number of carbonyl (C=O) groups excluding carboxylic acids is 2. The molecule has 0 amide bonds. The molecule has 7 nitrogen and oxygen atoms in total. The number of para-hydroxylation sites is 1. The number of carbonyl (C=O) groups is 2. The predicted molar refractivity (Wildman–Crippen MR) is 118 cm³/mol. The number of rotatable bonds is 12. The Balaban J connectivity index is 0.00000385. The van der Waals surface area contributed by atoms with Crippen LogP contribution in [0.5, 0.6) is 11.5 Å². The molecule has 1 heterocycles. The van der Waals surface area contributed by atoms with E-state index in [9.17, 15) is 9.59 Å². The fourth-order valence-electron chi connectivity index (χ4n) is 3.61. The Hall–Kier alpha value is -2.61. The van der Waals surface area contributed by atoms with Crippen LogP contribution in [-0.4, -0.2) is 38.9 Å². The fourth-order valence-corrected chi connectivity index (χ4v) is 3.61. The molecule has 1 saturated carbocycles. The first-order chi connectivity index (χ1) is 15.5. The number of benzene rings is 1. The van der Waals surface area contributed by atoms with Crippen LogP contribution in [-0.2, 0) is 32.0 Å². The van der Waals surface area contributed by atoms with Gasteiger partial charge in [-0.05, 0) is 39.2 Å². The molecule has 1 aromatic carbocycles. The van der Waals surface area contributed by atoms with Gasteiger partial charge in [0.1, 0.15) is 0 Å². The van der Waals surface area contributed by atoms with Gasteiger partial charge < -0.3 is 35.9 Å². The maximum Gasteiger partial charge on any atom is 0.344 e. The summed E-state index contributed by atoms with van der Waals surface area (Å²) in [5.41, 5.74) is 2.74. The molecule has 1 aliphatic carbocycles. The molecule has 1 fully saturated rings. The second kappa shape index (κ2) is 13.2. The van der Waals surface area contributed by atoms with Crippen molar-refractivity contribution in [3.63, 3.8) is 0 Å². The van der Waals surface area contributed by atoms with Crippen LogP contribution >= 0.6 is 0 Å². The summed E-state index contributed by atoms with van der Waals surface area (Å²) in [6.45, 7) is 4.97. The topological polar surface area (TPSA) is 74.9 Å². The van der Waals surface area contributed by atoms with Crippen molar-refractivity contribution in [2.24, 2.45) is 5.92 Å². The summed E-state index contributed by atoms with van der Waals surface area (Å²) in [5.74, 6) is 1.06. The minimum Gasteiger partial charge on any atom is -1.00 e. The van der Waals surface area contributed by atoms with E-state index in [-0.39, 0.29) is 36.0 Å². The van der Waals surface area contributed by atoms with E-state index in [4.69, 9.17) is 18.9 Å². The van der Waals surface area contributed by atoms with E-state index in [2.05, 4.69) is 17.0 Å². The van der Waals surface area contributed by atoms with Crippen LogP contribution in [0.3, 0.4) is 0 Å². The second-order valence-corrected chi connectivity index (χ2v) is 7.76. The van der Waals surface area contributed by atoms with Gasteiger partial charge in [0.2, 0.25) is 0 Å². The molecule has 180 valence electrons. The van der Waals surface area contributed by atoms with Crippen LogP contribution in [0.4, 0.5) is 0 Å². The molecular weight excluding hydrogens is 490 g/mol. The molecule has 1 aliphatic rings. The zero-order chi connectivity index (χ0) is 22.9. The Morgan fingerprint density at radius 1 is 1.03 bits per heavy atom. The lowest BCUT2D eigenvalue weighted by atomic mass is 9.97. The van der Waals surface area contributed by atoms with Crippen molar-refractivity contribution in [3.05, 3.63) is 42.2 Å². The number of methoxy groups -OCH3 is 1. The third-order valence-electron chi connectivity index (χ3n) is 5.30. The number of aryl methyl sites for hydroxylation is 1. The van der Waals surface area contributed by atoms with Crippen molar-refractivity contribution in [1.82, 2.24) is 0 Å². The van der Waals surface area contributed by atoms with Gasteiger partial charge in [0, 0.05) is 35.1 Å². The van der Waals surface area contributed by atoms with Gasteiger partial charge in [-0.15, -0.1) is 0 Å². The highest BCUT2D eigenvalue weighted by Gasteiger charge is 2.27. The molecule has 0 radical (unpaired) electrons. The normalized spacial score (nSPS) is 12.5. The van der Waals surface area contributed by atoms with E-state index in [1.54, 1.807) is 27.0 Å². The Kier molecular flexibility index (Phi) is 10.6. The van der Waals surface area contributed by atoms with Crippen molar-refractivity contribution in [1.29, 1.82) is 0 Å². The van der Waals surface area contributed by atoms with Gasteiger partial charge in [0.05, 0.1) is 20.3 Å².